The van der Waals surface area contributed by atoms with Gasteiger partial charge in [0.15, 0.2) is 5.82 Å². The average Bonchev–Trinajstić information content (AvgIpc) is 3.27. The van der Waals surface area contributed by atoms with Crippen molar-refractivity contribution in [1.29, 1.82) is 0 Å². The van der Waals surface area contributed by atoms with E-state index in [-0.39, 0.29) is 5.91 Å². The quantitative estimate of drug-likeness (QED) is 0.440. The first-order chi connectivity index (χ1) is 16.0. The molecule has 0 spiro atoms. The average molecular weight is 461 g/mol. The standard InChI is InChI=1S/C25H28N6OS/c1-5-19-26-16(4)21-15(3)22(33-25(21)28-19)24(32)27-18-13-17(11-10-14(18)2)23-30-29-20-9-7-6-8-12-31(20)23/h10-11,13H,5-9,12H2,1-4H3,(H,27,32). The van der Waals surface area contributed by atoms with Gasteiger partial charge in [-0.05, 0) is 50.8 Å². The van der Waals surface area contributed by atoms with E-state index in [9.17, 15) is 4.79 Å². The first kappa shape index (κ1) is 21.7. The summed E-state index contributed by atoms with van der Waals surface area (Å²) in [5, 5.41) is 13.0. The monoisotopic (exact) mass is 460 g/mol. The van der Waals surface area contributed by atoms with Crippen molar-refractivity contribution in [2.45, 2.75) is 66.3 Å². The first-order valence-corrected chi connectivity index (χ1v) is 12.4. The van der Waals surface area contributed by atoms with Crippen LogP contribution in [0.25, 0.3) is 21.6 Å². The van der Waals surface area contributed by atoms with E-state index in [1.807, 2.05) is 39.8 Å². The third-order valence-corrected chi connectivity index (χ3v) is 7.58. The number of fused-ring (bicyclic) bond motifs is 2. The topological polar surface area (TPSA) is 85.6 Å². The van der Waals surface area contributed by atoms with Crippen molar-refractivity contribution in [2.75, 3.05) is 5.32 Å². The summed E-state index contributed by atoms with van der Waals surface area (Å²) < 4.78 is 2.23. The zero-order valence-corrected chi connectivity index (χ0v) is 20.3. The maximum atomic E-state index is 13.3. The van der Waals surface area contributed by atoms with E-state index in [1.165, 1.54) is 17.8 Å². The van der Waals surface area contributed by atoms with Crippen LogP contribution in [-0.4, -0.2) is 30.6 Å². The Bertz CT molecular complexity index is 1370. The van der Waals surface area contributed by atoms with Crippen molar-refractivity contribution in [3.63, 3.8) is 0 Å². The van der Waals surface area contributed by atoms with Gasteiger partial charge in [-0.25, -0.2) is 9.97 Å². The number of benzene rings is 1. The fourth-order valence-corrected chi connectivity index (χ4v) is 5.69. The van der Waals surface area contributed by atoms with Crippen LogP contribution in [0.3, 0.4) is 0 Å². The van der Waals surface area contributed by atoms with Gasteiger partial charge in [-0.3, -0.25) is 4.79 Å². The molecule has 0 aliphatic carbocycles. The number of aromatic nitrogens is 5. The van der Waals surface area contributed by atoms with Gasteiger partial charge in [-0.2, -0.15) is 0 Å². The van der Waals surface area contributed by atoms with Gasteiger partial charge in [-0.15, -0.1) is 21.5 Å². The fourth-order valence-electron chi connectivity index (χ4n) is 4.54. The number of nitrogens with zero attached hydrogens (tertiary/aromatic N) is 5. The van der Waals surface area contributed by atoms with Crippen LogP contribution in [0.2, 0.25) is 0 Å². The number of nitrogens with one attached hydrogen (secondary N) is 1. The van der Waals surface area contributed by atoms with Crippen LogP contribution < -0.4 is 5.32 Å². The van der Waals surface area contributed by atoms with Crippen molar-refractivity contribution in [2.24, 2.45) is 0 Å². The lowest BCUT2D eigenvalue weighted by molar-refractivity contribution is 0.103. The Hall–Kier alpha value is -3.13. The van der Waals surface area contributed by atoms with E-state index in [2.05, 4.69) is 36.1 Å². The van der Waals surface area contributed by atoms with Crippen LogP contribution >= 0.6 is 11.3 Å². The number of anilines is 1. The normalized spacial score (nSPS) is 13.7. The Balaban J connectivity index is 1.48. The molecule has 0 atom stereocenters. The number of carbonyl (C=O) groups excluding carboxylic acids is 1. The predicted octanol–water partition coefficient (Wildman–Crippen LogP) is 5.42. The molecule has 8 heteroatoms. The van der Waals surface area contributed by atoms with E-state index in [0.717, 1.165) is 88.0 Å². The number of thiophene rings is 1. The van der Waals surface area contributed by atoms with Crippen LogP contribution in [0.15, 0.2) is 18.2 Å². The smallest absolute Gasteiger partial charge is 0.266 e. The molecule has 1 aromatic carbocycles. The summed E-state index contributed by atoms with van der Waals surface area (Å²) in [6.45, 7) is 8.95. The molecule has 4 aromatic rings. The van der Waals surface area contributed by atoms with Crippen molar-refractivity contribution in [1.82, 2.24) is 24.7 Å². The minimum Gasteiger partial charge on any atom is -0.321 e. The first-order valence-electron chi connectivity index (χ1n) is 11.6. The summed E-state index contributed by atoms with van der Waals surface area (Å²) >= 11 is 1.43. The van der Waals surface area contributed by atoms with Crippen LogP contribution in [0, 0.1) is 20.8 Å². The second-order valence-corrected chi connectivity index (χ2v) is 9.70. The minimum absolute atomic E-state index is 0.117. The Kier molecular flexibility index (Phi) is 5.70. The van der Waals surface area contributed by atoms with Crippen molar-refractivity contribution in [3.05, 3.63) is 51.5 Å². The van der Waals surface area contributed by atoms with Crippen molar-refractivity contribution in [3.8, 4) is 11.4 Å². The molecule has 170 valence electrons. The van der Waals surface area contributed by atoms with Crippen LogP contribution in [-0.2, 0) is 19.4 Å². The van der Waals surface area contributed by atoms with Crippen molar-refractivity contribution < 1.29 is 4.79 Å². The molecular weight excluding hydrogens is 432 g/mol. The number of hydrogen-bond donors (Lipinski definition) is 1. The van der Waals surface area contributed by atoms with E-state index in [1.54, 1.807) is 0 Å². The van der Waals surface area contributed by atoms with E-state index < -0.39 is 0 Å². The minimum atomic E-state index is -0.117. The SMILES string of the molecule is CCc1nc(C)c2c(C)c(C(=O)Nc3cc(-c4nnc5n4CCCCC5)ccc3C)sc2n1. The summed E-state index contributed by atoms with van der Waals surface area (Å²) in [4.78, 5) is 24.1. The summed E-state index contributed by atoms with van der Waals surface area (Å²) in [5.74, 6) is 2.62. The lowest BCUT2D eigenvalue weighted by Crippen LogP contribution is -2.12. The van der Waals surface area contributed by atoms with Gasteiger partial charge >= 0.3 is 0 Å². The molecule has 1 aliphatic rings. The molecule has 7 nitrogen and oxygen atoms in total. The van der Waals surface area contributed by atoms with Crippen LogP contribution in [0.4, 0.5) is 5.69 Å². The molecule has 0 radical (unpaired) electrons. The van der Waals surface area contributed by atoms with Gasteiger partial charge in [0.05, 0.1) is 4.88 Å². The Morgan fingerprint density at radius 1 is 1.12 bits per heavy atom. The molecule has 3 aromatic heterocycles. The third kappa shape index (κ3) is 3.93. The lowest BCUT2D eigenvalue weighted by Gasteiger charge is -2.12. The summed E-state index contributed by atoms with van der Waals surface area (Å²) in [7, 11) is 0. The van der Waals surface area contributed by atoms with Gasteiger partial charge in [0, 0.05) is 41.7 Å². The lowest BCUT2D eigenvalue weighted by atomic mass is 10.1. The third-order valence-electron chi connectivity index (χ3n) is 6.39. The summed E-state index contributed by atoms with van der Waals surface area (Å²) in [6, 6.07) is 6.10. The molecule has 0 saturated carbocycles. The second-order valence-electron chi connectivity index (χ2n) is 8.70. The number of rotatable bonds is 4. The molecule has 0 unspecified atom stereocenters. The molecule has 1 aliphatic heterocycles. The number of carbonyl (C=O) groups is 1. The molecule has 0 bridgehead atoms. The molecule has 1 N–H and O–H groups in total. The molecule has 0 fully saturated rings. The fraction of sp³-hybridized carbons (Fsp3) is 0.400. The highest BCUT2D eigenvalue weighted by Crippen LogP contribution is 2.33. The zero-order valence-electron chi connectivity index (χ0n) is 19.5. The maximum absolute atomic E-state index is 13.3. The van der Waals surface area contributed by atoms with Gasteiger partial charge in [0.1, 0.15) is 16.5 Å². The Labute approximate surface area is 197 Å². The van der Waals surface area contributed by atoms with Gasteiger partial charge < -0.3 is 9.88 Å². The molecule has 33 heavy (non-hydrogen) atoms. The molecule has 0 saturated heterocycles. The molecular formula is C25H28N6OS. The van der Waals surface area contributed by atoms with Gasteiger partial charge in [-0.1, -0.05) is 25.5 Å². The molecule has 4 heterocycles. The number of amides is 1. The Morgan fingerprint density at radius 3 is 2.79 bits per heavy atom. The summed E-state index contributed by atoms with van der Waals surface area (Å²) in [6.07, 6.45) is 5.26. The summed E-state index contributed by atoms with van der Waals surface area (Å²) in [5.41, 5.74) is 4.63. The van der Waals surface area contributed by atoms with E-state index >= 15 is 0 Å². The largest absolute Gasteiger partial charge is 0.321 e. The van der Waals surface area contributed by atoms with E-state index in [0.29, 0.717) is 4.88 Å². The van der Waals surface area contributed by atoms with Crippen LogP contribution in [0.1, 0.15) is 64.3 Å². The van der Waals surface area contributed by atoms with Crippen molar-refractivity contribution >= 4 is 33.1 Å². The highest BCUT2D eigenvalue weighted by molar-refractivity contribution is 7.20. The molecule has 1 amide bonds. The van der Waals surface area contributed by atoms with Crippen LogP contribution in [0.5, 0.6) is 0 Å². The van der Waals surface area contributed by atoms with Gasteiger partial charge in [0.2, 0.25) is 0 Å². The predicted molar refractivity (Wildman–Crippen MR) is 132 cm³/mol. The van der Waals surface area contributed by atoms with E-state index in [4.69, 9.17) is 0 Å². The maximum Gasteiger partial charge on any atom is 0.266 e. The second kappa shape index (κ2) is 8.67. The zero-order chi connectivity index (χ0) is 23.1. The highest BCUT2D eigenvalue weighted by atomic mass is 32.1. The molecule has 5 rings (SSSR count). The number of hydrogen-bond acceptors (Lipinski definition) is 6. The van der Waals surface area contributed by atoms with Gasteiger partial charge in [0.25, 0.3) is 5.91 Å². The Morgan fingerprint density at radius 2 is 1.97 bits per heavy atom. The number of aryl methyl sites for hydroxylation is 5. The highest BCUT2D eigenvalue weighted by Gasteiger charge is 2.21.